The lowest BCUT2D eigenvalue weighted by atomic mass is 9.88. The van der Waals surface area contributed by atoms with Crippen molar-refractivity contribution < 1.29 is 27.9 Å². The summed E-state index contributed by atoms with van der Waals surface area (Å²) < 4.78 is 43.3. The molecule has 1 aliphatic carbocycles. The van der Waals surface area contributed by atoms with E-state index in [0.717, 1.165) is 24.6 Å². The number of rotatable bonds is 8. The van der Waals surface area contributed by atoms with Crippen molar-refractivity contribution >= 4 is 17.6 Å². The summed E-state index contributed by atoms with van der Waals surface area (Å²) in [7, 11) is 0. The molecule has 2 aromatic carbocycles. The van der Waals surface area contributed by atoms with Crippen molar-refractivity contribution in [2.75, 3.05) is 5.32 Å². The van der Waals surface area contributed by atoms with E-state index in [-0.39, 0.29) is 11.6 Å². The SMILES string of the molecule is CC(C)(C)c1c(C(=O)Nc2cc([C@H]3C[C@H]3C(=O)O)ccc2C(F)(F)F)ccn1CCCc1ccccc1. The van der Waals surface area contributed by atoms with E-state index in [1.807, 2.05) is 49.7 Å². The Bertz CT molecular complexity index is 1290. The molecule has 196 valence electrons. The number of carbonyl (C=O) groups is 2. The lowest BCUT2D eigenvalue weighted by Gasteiger charge is -2.24. The number of hydrogen-bond acceptors (Lipinski definition) is 2. The van der Waals surface area contributed by atoms with Gasteiger partial charge in [0.05, 0.1) is 22.7 Å². The number of carboxylic acids is 1. The van der Waals surface area contributed by atoms with Crippen molar-refractivity contribution in [3.63, 3.8) is 0 Å². The average Bonchev–Trinajstić information content (AvgIpc) is 3.50. The van der Waals surface area contributed by atoms with Gasteiger partial charge in [-0.05, 0) is 54.5 Å². The topological polar surface area (TPSA) is 71.3 Å². The number of alkyl halides is 3. The van der Waals surface area contributed by atoms with Crippen LogP contribution < -0.4 is 5.32 Å². The van der Waals surface area contributed by atoms with Crippen LogP contribution in [0.1, 0.15) is 72.3 Å². The third kappa shape index (κ3) is 6.06. The number of aromatic nitrogens is 1. The second-order valence-corrected chi connectivity index (χ2v) is 10.7. The van der Waals surface area contributed by atoms with Gasteiger partial charge >= 0.3 is 12.1 Å². The maximum absolute atomic E-state index is 13.8. The highest BCUT2D eigenvalue weighted by atomic mass is 19.4. The van der Waals surface area contributed by atoms with Gasteiger partial charge in [0.25, 0.3) is 5.91 Å². The highest BCUT2D eigenvalue weighted by Crippen LogP contribution is 2.49. The van der Waals surface area contributed by atoms with Crippen molar-refractivity contribution in [1.29, 1.82) is 0 Å². The van der Waals surface area contributed by atoms with E-state index in [0.29, 0.717) is 24.1 Å². The van der Waals surface area contributed by atoms with Gasteiger partial charge in [-0.25, -0.2) is 0 Å². The summed E-state index contributed by atoms with van der Waals surface area (Å²) in [5.41, 5.74) is 1.01. The summed E-state index contributed by atoms with van der Waals surface area (Å²) in [6.07, 6.45) is -0.788. The third-order valence-corrected chi connectivity index (χ3v) is 6.76. The number of aryl methyl sites for hydroxylation is 2. The number of carbonyl (C=O) groups excluding carboxylic acids is 1. The molecule has 0 aliphatic heterocycles. The Labute approximate surface area is 214 Å². The molecule has 4 rings (SSSR count). The first kappa shape index (κ1) is 26.5. The number of halogens is 3. The van der Waals surface area contributed by atoms with Gasteiger partial charge in [-0.3, -0.25) is 9.59 Å². The Morgan fingerprint density at radius 3 is 2.35 bits per heavy atom. The zero-order valence-electron chi connectivity index (χ0n) is 21.1. The molecule has 1 heterocycles. The van der Waals surface area contributed by atoms with Crippen LogP contribution in [0.2, 0.25) is 0 Å². The molecular formula is C29H31F3N2O3. The molecule has 2 atom stereocenters. The minimum Gasteiger partial charge on any atom is -0.481 e. The van der Waals surface area contributed by atoms with Crippen LogP contribution in [0.25, 0.3) is 0 Å². The molecule has 0 unspecified atom stereocenters. The van der Waals surface area contributed by atoms with E-state index in [1.165, 1.54) is 17.7 Å². The molecule has 8 heteroatoms. The first-order valence-electron chi connectivity index (χ1n) is 12.3. The van der Waals surface area contributed by atoms with Crippen LogP contribution in [0.5, 0.6) is 0 Å². The van der Waals surface area contributed by atoms with Gasteiger partial charge in [0.15, 0.2) is 0 Å². The van der Waals surface area contributed by atoms with Crippen LogP contribution in [0, 0.1) is 5.92 Å². The highest BCUT2D eigenvalue weighted by Gasteiger charge is 2.45. The third-order valence-electron chi connectivity index (χ3n) is 6.76. The van der Waals surface area contributed by atoms with Crippen molar-refractivity contribution in [3.8, 4) is 0 Å². The quantitative estimate of drug-likeness (QED) is 0.346. The summed E-state index contributed by atoms with van der Waals surface area (Å²) in [5.74, 6) is -2.57. The van der Waals surface area contributed by atoms with Crippen LogP contribution in [-0.4, -0.2) is 21.6 Å². The number of benzene rings is 2. The predicted octanol–water partition coefficient (Wildman–Crippen LogP) is 6.88. The Hall–Kier alpha value is -3.55. The van der Waals surface area contributed by atoms with Crippen LogP contribution in [0.4, 0.5) is 18.9 Å². The van der Waals surface area contributed by atoms with E-state index >= 15 is 0 Å². The number of carboxylic acid groups (broad SMARTS) is 1. The smallest absolute Gasteiger partial charge is 0.418 e. The fourth-order valence-corrected chi connectivity index (χ4v) is 4.94. The largest absolute Gasteiger partial charge is 0.481 e. The predicted molar refractivity (Wildman–Crippen MR) is 136 cm³/mol. The Morgan fingerprint density at radius 2 is 1.76 bits per heavy atom. The normalized spacial score (nSPS) is 17.5. The van der Waals surface area contributed by atoms with Crippen molar-refractivity contribution in [2.24, 2.45) is 5.92 Å². The molecule has 1 amide bonds. The Kier molecular flexibility index (Phi) is 7.22. The summed E-state index contributed by atoms with van der Waals surface area (Å²) in [6.45, 7) is 6.56. The molecule has 0 spiro atoms. The zero-order chi connectivity index (χ0) is 27.0. The van der Waals surface area contributed by atoms with E-state index in [2.05, 4.69) is 17.4 Å². The zero-order valence-corrected chi connectivity index (χ0v) is 21.1. The number of hydrogen-bond donors (Lipinski definition) is 2. The molecule has 2 N–H and O–H groups in total. The fourth-order valence-electron chi connectivity index (χ4n) is 4.94. The van der Waals surface area contributed by atoms with Gasteiger partial charge in [-0.2, -0.15) is 13.2 Å². The highest BCUT2D eigenvalue weighted by molar-refractivity contribution is 6.06. The molecule has 5 nitrogen and oxygen atoms in total. The average molecular weight is 513 g/mol. The van der Waals surface area contributed by atoms with Crippen molar-refractivity contribution in [2.45, 2.75) is 64.1 Å². The second kappa shape index (κ2) is 10.1. The van der Waals surface area contributed by atoms with Crippen molar-refractivity contribution in [3.05, 3.63) is 88.7 Å². The molecule has 1 aromatic heterocycles. The standard InChI is InChI=1S/C29H31F3N2O3/c1-28(2,3)25-20(13-15-34(25)14-7-10-18-8-5-4-6-9-18)26(35)33-24-16-19(21-17-22(21)27(36)37)11-12-23(24)29(30,31)32/h4-6,8-9,11-13,15-16,21-22H,7,10,14,17H2,1-3H3,(H,33,35)(H,36,37)/t21-,22-/m1/s1. The van der Waals surface area contributed by atoms with E-state index in [9.17, 15) is 27.9 Å². The molecule has 3 aromatic rings. The number of anilines is 1. The fraction of sp³-hybridized carbons (Fsp3) is 0.379. The number of amides is 1. The number of nitrogens with zero attached hydrogens (tertiary/aromatic N) is 1. The van der Waals surface area contributed by atoms with Crippen LogP contribution >= 0.6 is 0 Å². The maximum Gasteiger partial charge on any atom is 0.418 e. The summed E-state index contributed by atoms with van der Waals surface area (Å²) in [6, 6.07) is 15.2. The Morgan fingerprint density at radius 1 is 1.05 bits per heavy atom. The lowest BCUT2D eigenvalue weighted by molar-refractivity contribution is -0.139. The number of nitrogens with one attached hydrogen (secondary N) is 1. The first-order valence-corrected chi connectivity index (χ1v) is 12.3. The molecule has 0 radical (unpaired) electrons. The van der Waals surface area contributed by atoms with E-state index in [4.69, 9.17) is 0 Å². The first-order chi connectivity index (χ1) is 17.4. The van der Waals surface area contributed by atoms with Crippen LogP contribution in [0.3, 0.4) is 0 Å². The molecule has 37 heavy (non-hydrogen) atoms. The molecule has 0 bridgehead atoms. The van der Waals surface area contributed by atoms with Gasteiger partial charge in [0.2, 0.25) is 0 Å². The Balaban J connectivity index is 1.59. The maximum atomic E-state index is 13.8. The van der Waals surface area contributed by atoms with Gasteiger partial charge in [-0.15, -0.1) is 0 Å². The van der Waals surface area contributed by atoms with Gasteiger partial charge < -0.3 is 15.0 Å². The molecule has 1 fully saturated rings. The van der Waals surface area contributed by atoms with E-state index < -0.39 is 34.9 Å². The summed E-state index contributed by atoms with van der Waals surface area (Å²) in [4.78, 5) is 24.6. The van der Waals surface area contributed by atoms with Gasteiger partial charge in [0, 0.05) is 23.9 Å². The summed E-state index contributed by atoms with van der Waals surface area (Å²) >= 11 is 0. The van der Waals surface area contributed by atoms with E-state index in [1.54, 1.807) is 6.07 Å². The van der Waals surface area contributed by atoms with Crippen molar-refractivity contribution in [1.82, 2.24) is 4.57 Å². The van der Waals surface area contributed by atoms with Crippen LogP contribution in [-0.2, 0) is 29.4 Å². The lowest BCUT2D eigenvalue weighted by Crippen LogP contribution is -2.24. The molecular weight excluding hydrogens is 481 g/mol. The summed E-state index contributed by atoms with van der Waals surface area (Å²) in [5, 5.41) is 11.7. The van der Waals surface area contributed by atoms with Crippen LogP contribution in [0.15, 0.2) is 60.8 Å². The molecule has 1 aliphatic rings. The molecule has 0 saturated heterocycles. The monoisotopic (exact) mass is 512 g/mol. The second-order valence-electron chi connectivity index (χ2n) is 10.7. The minimum atomic E-state index is -4.67. The molecule has 1 saturated carbocycles. The number of aliphatic carboxylic acids is 1. The van der Waals surface area contributed by atoms with Gasteiger partial charge in [0.1, 0.15) is 0 Å². The minimum absolute atomic E-state index is 0.320. The van der Waals surface area contributed by atoms with Gasteiger partial charge in [-0.1, -0.05) is 57.2 Å².